The summed E-state index contributed by atoms with van der Waals surface area (Å²) in [6.07, 6.45) is 12.7. The predicted octanol–water partition coefficient (Wildman–Crippen LogP) is 5.42. The van der Waals surface area contributed by atoms with Crippen molar-refractivity contribution >= 4 is 0 Å². The van der Waals surface area contributed by atoms with Gasteiger partial charge >= 0.3 is 0 Å². The van der Waals surface area contributed by atoms with Gasteiger partial charge in [0, 0.05) is 0 Å². The highest BCUT2D eigenvalue weighted by molar-refractivity contribution is 5.02. The molecule has 0 aliphatic heterocycles. The molecule has 3 fully saturated rings. The van der Waals surface area contributed by atoms with Crippen molar-refractivity contribution in [3.8, 4) is 0 Å². The lowest BCUT2D eigenvalue weighted by atomic mass is 9.72. The van der Waals surface area contributed by atoms with Crippen molar-refractivity contribution in [1.82, 2.24) is 0 Å². The van der Waals surface area contributed by atoms with Gasteiger partial charge in [0.2, 0.25) is 0 Å². The van der Waals surface area contributed by atoms with Crippen LogP contribution in [0.3, 0.4) is 0 Å². The van der Waals surface area contributed by atoms with Gasteiger partial charge in [-0.15, -0.1) is 0 Å². The first kappa shape index (κ1) is 13.1. The van der Waals surface area contributed by atoms with Crippen molar-refractivity contribution in [3.63, 3.8) is 0 Å². The molecule has 0 N–H and O–H groups in total. The summed E-state index contributed by atoms with van der Waals surface area (Å²) in [6.45, 7) is 8.00. The van der Waals surface area contributed by atoms with Gasteiger partial charge < -0.3 is 0 Å². The van der Waals surface area contributed by atoms with Gasteiger partial charge in [-0.25, -0.2) is 0 Å². The standard InChI is InChI=1S/C11H18.2C2H6/c1-2-6-11(5-1)8-9-3-4-10(11)7-9;2*1-2/h9-10H,1-8H2;2*1-2H3. The van der Waals surface area contributed by atoms with Gasteiger partial charge in [0.25, 0.3) is 0 Å². The lowest BCUT2D eigenvalue weighted by molar-refractivity contribution is 0.171. The molecule has 0 nitrogen and oxygen atoms in total. The molecule has 90 valence electrons. The van der Waals surface area contributed by atoms with E-state index in [1.165, 1.54) is 5.92 Å². The van der Waals surface area contributed by atoms with Gasteiger partial charge in [-0.2, -0.15) is 0 Å². The van der Waals surface area contributed by atoms with E-state index in [-0.39, 0.29) is 0 Å². The van der Waals surface area contributed by atoms with E-state index in [9.17, 15) is 0 Å². The molecule has 0 aromatic rings. The van der Waals surface area contributed by atoms with Crippen LogP contribution < -0.4 is 0 Å². The lowest BCUT2D eigenvalue weighted by Crippen LogP contribution is -2.23. The molecule has 2 bridgehead atoms. The second-order valence-corrected chi connectivity index (χ2v) is 5.15. The van der Waals surface area contributed by atoms with Crippen LogP contribution in [0.5, 0.6) is 0 Å². The molecule has 3 saturated carbocycles. The third-order valence-corrected chi connectivity index (χ3v) is 4.70. The lowest BCUT2D eigenvalue weighted by Gasteiger charge is -2.33. The van der Waals surface area contributed by atoms with Crippen molar-refractivity contribution in [2.24, 2.45) is 17.3 Å². The van der Waals surface area contributed by atoms with Crippen molar-refractivity contribution in [1.29, 1.82) is 0 Å². The molecule has 2 unspecified atom stereocenters. The number of fused-ring (bicyclic) bond motifs is 3. The Morgan fingerprint density at radius 3 is 1.87 bits per heavy atom. The SMILES string of the molecule is C1CCC2(C1)CC1CCC2C1.CC.CC. The molecule has 2 atom stereocenters. The molecule has 0 heteroatoms. The van der Waals surface area contributed by atoms with Gasteiger partial charge in [0.15, 0.2) is 0 Å². The first-order valence-electron chi connectivity index (χ1n) is 7.39. The fourth-order valence-electron chi connectivity index (χ4n) is 4.25. The van der Waals surface area contributed by atoms with E-state index in [1.807, 2.05) is 27.7 Å². The largest absolute Gasteiger partial charge is 0.0683 e. The maximum Gasteiger partial charge on any atom is -0.0266 e. The Morgan fingerprint density at radius 2 is 1.47 bits per heavy atom. The van der Waals surface area contributed by atoms with Crippen LogP contribution in [0.2, 0.25) is 0 Å². The minimum absolute atomic E-state index is 0.906. The molecule has 1 spiro atoms. The van der Waals surface area contributed by atoms with Crippen molar-refractivity contribution in [2.45, 2.75) is 79.1 Å². The maximum absolute atomic E-state index is 2.00. The second kappa shape index (κ2) is 5.92. The third kappa shape index (κ3) is 2.40. The van der Waals surface area contributed by atoms with Crippen LogP contribution in [-0.2, 0) is 0 Å². The summed E-state index contributed by atoms with van der Waals surface area (Å²) < 4.78 is 0. The normalized spacial score (nSPS) is 34.4. The van der Waals surface area contributed by atoms with Gasteiger partial charge in [-0.05, 0) is 49.4 Å². The second-order valence-electron chi connectivity index (χ2n) is 5.15. The molecule has 0 aromatic heterocycles. The van der Waals surface area contributed by atoms with Crippen molar-refractivity contribution in [2.75, 3.05) is 0 Å². The molecule has 0 aromatic carbocycles. The fourth-order valence-corrected chi connectivity index (χ4v) is 4.25. The van der Waals surface area contributed by atoms with Crippen LogP contribution in [0.15, 0.2) is 0 Å². The number of hydrogen-bond donors (Lipinski definition) is 0. The molecular weight excluding hydrogens is 180 g/mol. The van der Waals surface area contributed by atoms with Crippen LogP contribution in [0.25, 0.3) is 0 Å². The molecule has 3 aliphatic carbocycles. The highest BCUT2D eigenvalue weighted by Gasteiger charge is 2.51. The zero-order valence-corrected chi connectivity index (χ0v) is 11.3. The van der Waals surface area contributed by atoms with E-state index in [1.54, 1.807) is 51.4 Å². The molecule has 3 rings (SSSR count). The predicted molar refractivity (Wildman–Crippen MR) is 69.0 cm³/mol. The van der Waals surface area contributed by atoms with Crippen LogP contribution in [0.4, 0.5) is 0 Å². The average molecular weight is 210 g/mol. The Bertz CT molecular complexity index is 165. The quantitative estimate of drug-likeness (QED) is 0.501. The molecule has 0 radical (unpaired) electrons. The first-order chi connectivity index (χ1) is 7.39. The van der Waals surface area contributed by atoms with Crippen molar-refractivity contribution in [3.05, 3.63) is 0 Å². The minimum Gasteiger partial charge on any atom is -0.0683 e. The molecule has 15 heavy (non-hydrogen) atoms. The summed E-state index contributed by atoms with van der Waals surface area (Å²) >= 11 is 0. The number of hydrogen-bond acceptors (Lipinski definition) is 0. The van der Waals surface area contributed by atoms with Gasteiger partial charge in [0.1, 0.15) is 0 Å². The summed E-state index contributed by atoms with van der Waals surface area (Å²) in [4.78, 5) is 0. The van der Waals surface area contributed by atoms with E-state index in [0.29, 0.717) is 0 Å². The summed E-state index contributed by atoms with van der Waals surface area (Å²) in [7, 11) is 0. The van der Waals surface area contributed by atoms with Crippen molar-refractivity contribution < 1.29 is 0 Å². The Hall–Kier alpha value is 0. The van der Waals surface area contributed by atoms with Gasteiger partial charge in [0.05, 0.1) is 0 Å². The summed E-state index contributed by atoms with van der Waals surface area (Å²) in [5.74, 6) is 2.34. The third-order valence-electron chi connectivity index (χ3n) is 4.70. The van der Waals surface area contributed by atoms with Gasteiger partial charge in [-0.3, -0.25) is 0 Å². The topological polar surface area (TPSA) is 0 Å². The molecule has 0 amide bonds. The molecular formula is C15H30. The average Bonchev–Trinajstić information content (AvgIpc) is 3.01. The summed E-state index contributed by atoms with van der Waals surface area (Å²) in [6, 6.07) is 0. The van der Waals surface area contributed by atoms with Gasteiger partial charge in [-0.1, -0.05) is 47.0 Å². The summed E-state index contributed by atoms with van der Waals surface area (Å²) in [5.41, 5.74) is 0.906. The monoisotopic (exact) mass is 210 g/mol. The van der Waals surface area contributed by atoms with Crippen LogP contribution in [0.1, 0.15) is 79.1 Å². The summed E-state index contributed by atoms with van der Waals surface area (Å²) in [5, 5.41) is 0. The Morgan fingerprint density at radius 1 is 0.867 bits per heavy atom. The maximum atomic E-state index is 2.00. The smallest absolute Gasteiger partial charge is 0.0266 e. The highest BCUT2D eigenvalue weighted by Crippen LogP contribution is 2.62. The highest BCUT2D eigenvalue weighted by atomic mass is 14.6. The Labute approximate surface area is 96.8 Å². The van der Waals surface area contributed by atoms with E-state index in [0.717, 1.165) is 11.3 Å². The number of rotatable bonds is 0. The zero-order chi connectivity index (χ0) is 11.3. The van der Waals surface area contributed by atoms with E-state index >= 15 is 0 Å². The van der Waals surface area contributed by atoms with E-state index in [2.05, 4.69) is 0 Å². The van der Waals surface area contributed by atoms with Crippen LogP contribution >= 0.6 is 0 Å². The van der Waals surface area contributed by atoms with Crippen LogP contribution in [0, 0.1) is 17.3 Å². The Kier molecular flexibility index (Phi) is 5.15. The fraction of sp³-hybridized carbons (Fsp3) is 1.00. The minimum atomic E-state index is 0.906. The molecule has 0 heterocycles. The molecule has 0 saturated heterocycles. The Balaban J connectivity index is 0.000000255. The zero-order valence-electron chi connectivity index (χ0n) is 11.3. The van der Waals surface area contributed by atoms with E-state index in [4.69, 9.17) is 0 Å². The van der Waals surface area contributed by atoms with E-state index < -0.39 is 0 Å². The van der Waals surface area contributed by atoms with Crippen LogP contribution in [-0.4, -0.2) is 0 Å². The molecule has 3 aliphatic rings. The first-order valence-corrected chi connectivity index (χ1v) is 7.39.